The molecule has 1 fully saturated rings. The Balaban J connectivity index is 1.32. The third-order valence-corrected chi connectivity index (χ3v) is 9.51. The number of rotatable bonds is 7. The number of nitrogens with one attached hydrogen (secondary N) is 1. The average Bonchev–Trinajstić information content (AvgIpc) is 3.43. The molecule has 0 radical (unpaired) electrons. The van der Waals surface area contributed by atoms with Gasteiger partial charge in [0.15, 0.2) is 6.61 Å². The molecule has 0 bridgehead atoms. The van der Waals surface area contributed by atoms with Crippen molar-refractivity contribution < 1.29 is 9.53 Å². The summed E-state index contributed by atoms with van der Waals surface area (Å²) in [4.78, 5) is 12.1. The molecule has 0 saturated carbocycles. The zero-order valence-corrected chi connectivity index (χ0v) is 22.2. The number of benzene rings is 2. The Bertz CT molecular complexity index is 1180. The largest absolute Gasteiger partial charge is 0.484 e. The number of ether oxygens (including phenoxy) is 1. The van der Waals surface area contributed by atoms with Crippen molar-refractivity contribution in [2.45, 2.75) is 18.4 Å². The van der Waals surface area contributed by atoms with Crippen molar-refractivity contribution in [3.63, 3.8) is 0 Å². The number of halogens is 2. The molecule has 1 amide bonds. The number of carbonyl (C=O) groups is 1. The van der Waals surface area contributed by atoms with Gasteiger partial charge in [-0.25, -0.2) is 5.43 Å². The average molecular weight is 565 g/mol. The van der Waals surface area contributed by atoms with Crippen LogP contribution in [0.15, 0.2) is 58.1 Å². The topological polar surface area (TPSA) is 55.6 Å². The molecule has 1 aliphatic rings. The van der Waals surface area contributed by atoms with E-state index < -0.39 is 0 Å². The van der Waals surface area contributed by atoms with Gasteiger partial charge in [-0.15, -0.1) is 23.5 Å². The maximum Gasteiger partial charge on any atom is 0.277 e. The van der Waals surface area contributed by atoms with Crippen molar-refractivity contribution in [1.82, 2.24) is 9.99 Å². The van der Waals surface area contributed by atoms with Gasteiger partial charge in [-0.05, 0) is 71.7 Å². The van der Waals surface area contributed by atoms with Gasteiger partial charge in [-0.1, -0.05) is 23.7 Å². The lowest BCUT2D eigenvalue weighted by molar-refractivity contribution is -0.123. The molecule has 2 heterocycles. The van der Waals surface area contributed by atoms with Gasteiger partial charge in [0, 0.05) is 38.6 Å². The summed E-state index contributed by atoms with van der Waals surface area (Å²) in [5, 5.41) is 4.75. The molecule has 5 nitrogen and oxygen atoms in total. The number of nitrogens with zero attached hydrogens (tertiary/aromatic N) is 2. The molecule has 9 heteroatoms. The van der Waals surface area contributed by atoms with Crippen LogP contribution in [0.5, 0.6) is 5.75 Å². The number of hydrazone groups is 1. The molecule has 2 aromatic carbocycles. The fraction of sp³-hybridized carbons (Fsp3) is 0.250. The van der Waals surface area contributed by atoms with Crippen LogP contribution in [0.4, 0.5) is 0 Å². The van der Waals surface area contributed by atoms with E-state index in [2.05, 4.69) is 43.2 Å². The van der Waals surface area contributed by atoms with Crippen LogP contribution < -0.4 is 10.2 Å². The maximum atomic E-state index is 12.1. The SMILES string of the molecule is Cc1cc(/C=N\NC(=O)COc2ccc(C3SCCS3)cc2)c(C)n1-c1ccc(Br)c(Cl)c1. The number of amides is 1. The first-order valence-corrected chi connectivity index (χ1v) is 13.6. The molecule has 3 aromatic rings. The van der Waals surface area contributed by atoms with Gasteiger partial charge in [-0.3, -0.25) is 4.79 Å². The first-order chi connectivity index (χ1) is 15.9. The third-order valence-electron chi connectivity index (χ3n) is 5.17. The van der Waals surface area contributed by atoms with Crippen LogP contribution in [-0.2, 0) is 4.79 Å². The van der Waals surface area contributed by atoms with Crippen molar-refractivity contribution in [2.24, 2.45) is 5.10 Å². The Morgan fingerprint density at radius 1 is 1.21 bits per heavy atom. The van der Waals surface area contributed by atoms with Gasteiger partial charge in [0.2, 0.25) is 0 Å². The minimum absolute atomic E-state index is 0.0972. The molecule has 0 spiro atoms. The smallest absolute Gasteiger partial charge is 0.277 e. The number of hydrogen-bond donors (Lipinski definition) is 1. The van der Waals surface area contributed by atoms with Crippen molar-refractivity contribution in [3.8, 4) is 11.4 Å². The lowest BCUT2D eigenvalue weighted by Gasteiger charge is -2.10. The number of aryl methyl sites for hydroxylation is 1. The Kier molecular flexibility index (Phi) is 8.11. The summed E-state index contributed by atoms with van der Waals surface area (Å²) in [7, 11) is 0. The van der Waals surface area contributed by atoms with Crippen LogP contribution >= 0.6 is 51.1 Å². The highest BCUT2D eigenvalue weighted by Crippen LogP contribution is 2.45. The summed E-state index contributed by atoms with van der Waals surface area (Å²) in [6.45, 7) is 3.92. The minimum atomic E-state index is -0.314. The lowest BCUT2D eigenvalue weighted by atomic mass is 10.2. The van der Waals surface area contributed by atoms with Gasteiger partial charge in [0.25, 0.3) is 5.91 Å². The van der Waals surface area contributed by atoms with Gasteiger partial charge < -0.3 is 9.30 Å². The van der Waals surface area contributed by atoms with Gasteiger partial charge in [-0.2, -0.15) is 5.10 Å². The normalized spacial score (nSPS) is 14.2. The monoisotopic (exact) mass is 563 g/mol. The highest BCUT2D eigenvalue weighted by Gasteiger charge is 2.18. The third kappa shape index (κ3) is 5.98. The highest BCUT2D eigenvalue weighted by atomic mass is 79.9. The summed E-state index contributed by atoms with van der Waals surface area (Å²) in [6, 6.07) is 15.8. The zero-order chi connectivity index (χ0) is 23.4. The van der Waals surface area contributed by atoms with E-state index in [1.165, 1.54) is 17.1 Å². The molecule has 172 valence electrons. The fourth-order valence-corrected chi connectivity index (χ4v) is 6.85. The van der Waals surface area contributed by atoms with Crippen LogP contribution in [0.25, 0.3) is 5.69 Å². The predicted octanol–water partition coefficient (Wildman–Crippen LogP) is 6.52. The van der Waals surface area contributed by atoms with Crippen LogP contribution in [0, 0.1) is 13.8 Å². The van der Waals surface area contributed by atoms with E-state index in [1.807, 2.05) is 73.8 Å². The number of aromatic nitrogens is 1. The molecule has 0 atom stereocenters. The summed E-state index contributed by atoms with van der Waals surface area (Å²) in [5.74, 6) is 2.74. The maximum absolute atomic E-state index is 12.1. The van der Waals surface area contributed by atoms with Crippen LogP contribution in [0.3, 0.4) is 0 Å². The molecule has 0 aliphatic carbocycles. The van der Waals surface area contributed by atoms with E-state index in [-0.39, 0.29) is 12.5 Å². The summed E-state index contributed by atoms with van der Waals surface area (Å²) >= 11 is 13.6. The van der Waals surface area contributed by atoms with Crippen molar-refractivity contribution in [3.05, 3.63) is 80.5 Å². The van der Waals surface area contributed by atoms with Gasteiger partial charge in [0.05, 0.1) is 15.8 Å². The van der Waals surface area contributed by atoms with Crippen LogP contribution in [0.2, 0.25) is 5.02 Å². The van der Waals surface area contributed by atoms with Crippen LogP contribution in [-0.4, -0.2) is 34.8 Å². The predicted molar refractivity (Wildman–Crippen MR) is 143 cm³/mol. The first kappa shape index (κ1) is 24.3. The Labute approximate surface area is 215 Å². The second-order valence-corrected chi connectivity index (χ2v) is 11.5. The van der Waals surface area contributed by atoms with Crippen molar-refractivity contribution in [2.75, 3.05) is 18.1 Å². The second kappa shape index (κ2) is 11.0. The van der Waals surface area contributed by atoms with E-state index >= 15 is 0 Å². The van der Waals surface area contributed by atoms with Crippen molar-refractivity contribution >= 4 is 63.2 Å². The van der Waals surface area contributed by atoms with E-state index in [1.54, 1.807) is 6.21 Å². The number of thioether (sulfide) groups is 2. The van der Waals surface area contributed by atoms with Gasteiger partial charge in [0.1, 0.15) is 5.75 Å². The number of hydrogen-bond acceptors (Lipinski definition) is 5. The van der Waals surface area contributed by atoms with Crippen molar-refractivity contribution in [1.29, 1.82) is 0 Å². The van der Waals surface area contributed by atoms with E-state index in [0.29, 0.717) is 15.4 Å². The Morgan fingerprint density at radius 2 is 1.94 bits per heavy atom. The van der Waals surface area contributed by atoms with E-state index in [4.69, 9.17) is 16.3 Å². The van der Waals surface area contributed by atoms with E-state index in [9.17, 15) is 4.79 Å². The summed E-state index contributed by atoms with van der Waals surface area (Å²) in [6.07, 6.45) is 1.64. The molecule has 1 saturated heterocycles. The molecular weight excluding hydrogens is 542 g/mol. The Hall–Kier alpha value is -1.87. The number of carbonyl (C=O) groups excluding carboxylic acids is 1. The first-order valence-electron chi connectivity index (χ1n) is 10.3. The molecule has 1 aromatic heterocycles. The molecular formula is C24H23BrClN3O2S2. The Morgan fingerprint density at radius 3 is 2.64 bits per heavy atom. The summed E-state index contributed by atoms with van der Waals surface area (Å²) < 4.78 is 9.04. The standard InChI is InChI=1S/C24H23BrClN3O2S2/c1-15-11-18(16(2)29(15)19-5-8-21(25)22(26)12-19)13-27-28-23(30)14-31-20-6-3-17(4-7-20)24-32-9-10-33-24/h3-8,11-13,24H,9-10,14H2,1-2H3,(H,28,30)/b27-13-. The lowest BCUT2D eigenvalue weighted by Crippen LogP contribution is -2.24. The highest BCUT2D eigenvalue weighted by molar-refractivity contribution is 9.10. The van der Waals surface area contributed by atoms with E-state index in [0.717, 1.165) is 27.1 Å². The van der Waals surface area contributed by atoms with Crippen LogP contribution in [0.1, 0.15) is 27.1 Å². The summed E-state index contributed by atoms with van der Waals surface area (Å²) in [5.41, 5.74) is 7.73. The molecule has 33 heavy (non-hydrogen) atoms. The molecule has 0 unspecified atom stereocenters. The molecule has 4 rings (SSSR count). The fourth-order valence-electron chi connectivity index (χ4n) is 3.57. The molecule has 1 N–H and O–H groups in total. The van der Waals surface area contributed by atoms with Gasteiger partial charge >= 0.3 is 0 Å². The minimum Gasteiger partial charge on any atom is -0.484 e. The zero-order valence-electron chi connectivity index (χ0n) is 18.2. The second-order valence-electron chi connectivity index (χ2n) is 7.48. The molecule has 1 aliphatic heterocycles. The quantitative estimate of drug-likeness (QED) is 0.262.